The van der Waals surface area contributed by atoms with Gasteiger partial charge >= 0.3 is 0 Å². The maximum Gasteiger partial charge on any atom is 0.195 e. The summed E-state index contributed by atoms with van der Waals surface area (Å²) in [5.41, 5.74) is 2.95. The summed E-state index contributed by atoms with van der Waals surface area (Å²) in [4.78, 5) is 0. The maximum absolute atomic E-state index is 5.26. The molecule has 1 aliphatic carbocycles. The van der Waals surface area contributed by atoms with Crippen LogP contribution in [0.1, 0.15) is 36.2 Å². The minimum atomic E-state index is 0.493. The molecule has 18 heavy (non-hydrogen) atoms. The van der Waals surface area contributed by atoms with Gasteiger partial charge in [-0.2, -0.15) is 5.10 Å². The number of nitrogens with zero attached hydrogens (tertiary/aromatic N) is 2. The van der Waals surface area contributed by atoms with Gasteiger partial charge in [-0.05, 0) is 49.5 Å². The SMILES string of the molecule is CCn1c(C2CCc3ccccc3C2)n[nH]c1=S. The van der Waals surface area contributed by atoms with Crippen LogP contribution in [-0.4, -0.2) is 14.8 Å². The second kappa shape index (κ2) is 4.69. The first-order valence-corrected chi connectivity index (χ1v) is 6.92. The molecule has 0 bridgehead atoms. The Balaban J connectivity index is 1.94. The number of rotatable bonds is 2. The zero-order chi connectivity index (χ0) is 12.5. The molecule has 1 N–H and O–H groups in total. The molecule has 3 nitrogen and oxygen atoms in total. The third kappa shape index (κ3) is 1.90. The summed E-state index contributed by atoms with van der Waals surface area (Å²) in [5.74, 6) is 1.62. The third-order valence-electron chi connectivity index (χ3n) is 3.82. The minimum Gasteiger partial charge on any atom is -0.304 e. The maximum atomic E-state index is 5.26. The topological polar surface area (TPSA) is 33.6 Å². The van der Waals surface area contributed by atoms with E-state index in [0.29, 0.717) is 5.92 Å². The summed E-state index contributed by atoms with van der Waals surface area (Å²) in [7, 11) is 0. The fourth-order valence-electron chi connectivity index (χ4n) is 2.87. The first-order chi connectivity index (χ1) is 8.79. The molecule has 0 saturated carbocycles. The molecular weight excluding hydrogens is 242 g/mol. The molecule has 0 saturated heterocycles. The van der Waals surface area contributed by atoms with Crippen molar-refractivity contribution < 1.29 is 0 Å². The number of hydrogen-bond donors (Lipinski definition) is 1. The van der Waals surface area contributed by atoms with Gasteiger partial charge in [-0.25, -0.2) is 0 Å². The van der Waals surface area contributed by atoms with E-state index >= 15 is 0 Å². The highest BCUT2D eigenvalue weighted by molar-refractivity contribution is 7.71. The largest absolute Gasteiger partial charge is 0.304 e. The van der Waals surface area contributed by atoms with Crippen LogP contribution in [0.25, 0.3) is 0 Å². The first-order valence-electron chi connectivity index (χ1n) is 6.51. The molecular formula is C14H17N3S. The number of H-pyrrole nitrogens is 1. The van der Waals surface area contributed by atoms with E-state index in [2.05, 4.69) is 46.0 Å². The van der Waals surface area contributed by atoms with Gasteiger partial charge in [0, 0.05) is 12.5 Å². The van der Waals surface area contributed by atoms with Crippen LogP contribution < -0.4 is 0 Å². The van der Waals surface area contributed by atoms with Crippen molar-refractivity contribution in [3.05, 3.63) is 46.0 Å². The van der Waals surface area contributed by atoms with Gasteiger partial charge in [0.1, 0.15) is 5.82 Å². The molecule has 0 amide bonds. The van der Waals surface area contributed by atoms with Crippen LogP contribution in [0, 0.1) is 4.77 Å². The van der Waals surface area contributed by atoms with Gasteiger partial charge in [0.2, 0.25) is 0 Å². The van der Waals surface area contributed by atoms with Crippen LogP contribution in [-0.2, 0) is 19.4 Å². The standard InChI is InChI=1S/C14H17N3S/c1-2-17-13(15-16-14(17)18)12-8-7-10-5-3-4-6-11(10)9-12/h3-6,12H,2,7-9H2,1H3,(H,16,18). The van der Waals surface area contributed by atoms with Crippen LogP contribution in [0.15, 0.2) is 24.3 Å². The molecule has 0 spiro atoms. The van der Waals surface area contributed by atoms with Crippen molar-refractivity contribution in [2.75, 3.05) is 0 Å². The Bertz CT molecular complexity index is 611. The van der Waals surface area contributed by atoms with Crippen LogP contribution in [0.2, 0.25) is 0 Å². The molecule has 0 radical (unpaired) electrons. The Hall–Kier alpha value is -1.42. The lowest BCUT2D eigenvalue weighted by atomic mass is 9.83. The zero-order valence-electron chi connectivity index (χ0n) is 10.5. The van der Waals surface area contributed by atoms with Crippen molar-refractivity contribution in [2.45, 2.75) is 38.6 Å². The van der Waals surface area contributed by atoms with Gasteiger partial charge in [0.25, 0.3) is 0 Å². The second-order valence-corrected chi connectivity index (χ2v) is 5.23. The van der Waals surface area contributed by atoms with Crippen molar-refractivity contribution >= 4 is 12.2 Å². The van der Waals surface area contributed by atoms with Gasteiger partial charge in [-0.3, -0.25) is 5.10 Å². The van der Waals surface area contributed by atoms with Crippen molar-refractivity contribution in [1.82, 2.24) is 14.8 Å². The predicted octanol–water partition coefficient (Wildman–Crippen LogP) is 3.23. The molecule has 3 rings (SSSR count). The minimum absolute atomic E-state index is 0.493. The van der Waals surface area contributed by atoms with E-state index in [4.69, 9.17) is 12.2 Å². The van der Waals surface area contributed by atoms with Gasteiger partial charge in [0.05, 0.1) is 0 Å². The highest BCUT2D eigenvalue weighted by atomic mass is 32.1. The van der Waals surface area contributed by atoms with E-state index in [1.807, 2.05) is 0 Å². The predicted molar refractivity (Wildman–Crippen MR) is 74.3 cm³/mol. The zero-order valence-corrected chi connectivity index (χ0v) is 11.3. The molecule has 1 atom stereocenters. The van der Waals surface area contributed by atoms with Crippen molar-refractivity contribution in [3.63, 3.8) is 0 Å². The monoisotopic (exact) mass is 259 g/mol. The summed E-state index contributed by atoms with van der Waals surface area (Å²) in [6.45, 7) is 3.01. The van der Waals surface area contributed by atoms with Gasteiger partial charge in [0.15, 0.2) is 4.77 Å². The normalized spacial score (nSPS) is 18.6. The lowest BCUT2D eigenvalue weighted by molar-refractivity contribution is 0.522. The Kier molecular flexibility index (Phi) is 3.04. The van der Waals surface area contributed by atoms with E-state index in [0.717, 1.165) is 36.4 Å². The summed E-state index contributed by atoms with van der Waals surface area (Å²) >= 11 is 5.26. The van der Waals surface area contributed by atoms with E-state index in [1.54, 1.807) is 0 Å². The molecule has 1 aromatic carbocycles. The van der Waals surface area contributed by atoms with Crippen molar-refractivity contribution in [2.24, 2.45) is 0 Å². The van der Waals surface area contributed by atoms with Crippen LogP contribution >= 0.6 is 12.2 Å². The van der Waals surface area contributed by atoms with E-state index < -0.39 is 0 Å². The fraction of sp³-hybridized carbons (Fsp3) is 0.429. The Morgan fingerprint density at radius 3 is 2.94 bits per heavy atom. The van der Waals surface area contributed by atoms with Crippen LogP contribution in [0.3, 0.4) is 0 Å². The average molecular weight is 259 g/mol. The highest BCUT2D eigenvalue weighted by Gasteiger charge is 2.23. The molecule has 94 valence electrons. The van der Waals surface area contributed by atoms with E-state index in [-0.39, 0.29) is 0 Å². The van der Waals surface area contributed by atoms with Crippen LogP contribution in [0.5, 0.6) is 0 Å². The number of nitrogens with one attached hydrogen (secondary N) is 1. The lowest BCUT2D eigenvalue weighted by Gasteiger charge is -2.24. The molecule has 1 unspecified atom stereocenters. The van der Waals surface area contributed by atoms with Gasteiger partial charge < -0.3 is 4.57 Å². The molecule has 1 aliphatic rings. The number of fused-ring (bicyclic) bond motifs is 1. The fourth-order valence-corrected chi connectivity index (χ4v) is 3.13. The number of aromatic amines is 1. The Morgan fingerprint density at radius 2 is 2.17 bits per heavy atom. The average Bonchev–Trinajstić information content (AvgIpc) is 2.79. The quantitative estimate of drug-likeness (QED) is 0.840. The number of benzene rings is 1. The first kappa shape index (κ1) is 11.7. The number of hydrogen-bond acceptors (Lipinski definition) is 2. The smallest absolute Gasteiger partial charge is 0.195 e. The second-order valence-electron chi connectivity index (χ2n) is 4.84. The molecule has 4 heteroatoms. The molecule has 1 heterocycles. The third-order valence-corrected chi connectivity index (χ3v) is 4.13. The highest BCUT2D eigenvalue weighted by Crippen LogP contribution is 2.31. The molecule has 0 fully saturated rings. The van der Waals surface area contributed by atoms with Gasteiger partial charge in [-0.15, -0.1) is 0 Å². The number of aryl methyl sites for hydroxylation is 1. The summed E-state index contributed by atoms with van der Waals surface area (Å²) in [5, 5.41) is 7.35. The van der Waals surface area contributed by atoms with Crippen molar-refractivity contribution in [1.29, 1.82) is 0 Å². The lowest BCUT2D eigenvalue weighted by Crippen LogP contribution is -2.17. The molecule has 1 aromatic heterocycles. The molecule has 2 aromatic rings. The van der Waals surface area contributed by atoms with E-state index in [9.17, 15) is 0 Å². The van der Waals surface area contributed by atoms with E-state index in [1.165, 1.54) is 11.1 Å². The number of aromatic nitrogens is 3. The Morgan fingerprint density at radius 1 is 1.39 bits per heavy atom. The van der Waals surface area contributed by atoms with Gasteiger partial charge in [-0.1, -0.05) is 24.3 Å². The summed E-state index contributed by atoms with van der Waals surface area (Å²) in [6.07, 6.45) is 3.39. The van der Waals surface area contributed by atoms with Crippen LogP contribution in [0.4, 0.5) is 0 Å². The van der Waals surface area contributed by atoms with Crippen molar-refractivity contribution in [3.8, 4) is 0 Å². The summed E-state index contributed by atoms with van der Waals surface area (Å²) in [6, 6.07) is 8.72. The molecule has 0 aliphatic heterocycles. The Labute approximate surface area is 112 Å². The summed E-state index contributed by atoms with van der Waals surface area (Å²) < 4.78 is 2.86.